The average Bonchev–Trinajstić information content (AvgIpc) is 3.39. The van der Waals surface area contributed by atoms with E-state index in [2.05, 4.69) is 106 Å². The van der Waals surface area contributed by atoms with Crippen LogP contribution in [0.3, 0.4) is 0 Å². The number of rotatable bonds is 49. The molecule has 0 saturated carbocycles. The van der Waals surface area contributed by atoms with Gasteiger partial charge in [-0.2, -0.15) is 0 Å². The molecule has 1 aliphatic heterocycles. The Balaban J connectivity index is 2.71. The molecule has 3 N–H and O–H groups in total. The maximum Gasteiger partial charge on any atom is 0.335 e. The minimum absolute atomic E-state index is 0.0170. The molecule has 0 radical (unpaired) electrons. The molecule has 6 atom stereocenters. The van der Waals surface area contributed by atoms with Gasteiger partial charge in [0.1, 0.15) is 18.8 Å². The van der Waals surface area contributed by atoms with Gasteiger partial charge in [0, 0.05) is 19.3 Å². The average molecular weight is 1050 g/mol. The van der Waals surface area contributed by atoms with Gasteiger partial charge >= 0.3 is 23.9 Å². The van der Waals surface area contributed by atoms with Crippen molar-refractivity contribution in [1.82, 2.24) is 0 Å². The van der Waals surface area contributed by atoms with Crippen molar-refractivity contribution in [3.8, 4) is 0 Å². The van der Waals surface area contributed by atoms with Crippen LogP contribution >= 0.6 is 0 Å². The highest BCUT2D eigenvalue weighted by Crippen LogP contribution is 2.26. The van der Waals surface area contributed by atoms with Crippen LogP contribution in [0.1, 0.15) is 239 Å². The SMILES string of the molecule is CC/C=C\C/C=C\C/C=C\C/C=C\C/C=C\CCCCCC(=O)OC1C(OCC(COC(=O)CCCCCCC/C=C\CCCCCC)OC(=O)CCCCCCC/C=C\CCCCCC)OC(C(=O)O)C(O)C1O. The van der Waals surface area contributed by atoms with Crippen LogP contribution in [0.25, 0.3) is 0 Å². The third-order valence-electron chi connectivity index (χ3n) is 12.9. The molecule has 0 aromatic carbocycles. The fourth-order valence-electron chi connectivity index (χ4n) is 8.38. The second-order valence-electron chi connectivity index (χ2n) is 19.9. The largest absolute Gasteiger partial charge is 0.479 e. The molecular weight excluding hydrogens is 949 g/mol. The highest BCUT2D eigenvalue weighted by Gasteiger charge is 2.50. The van der Waals surface area contributed by atoms with E-state index in [1.165, 1.54) is 51.4 Å². The van der Waals surface area contributed by atoms with Crippen LogP contribution in [-0.2, 0) is 42.9 Å². The molecular formula is C63H104O12. The summed E-state index contributed by atoms with van der Waals surface area (Å²) in [6, 6.07) is 0. The van der Waals surface area contributed by atoms with Gasteiger partial charge in [-0.3, -0.25) is 14.4 Å². The standard InChI is InChI=1S/C63H104O12/c1-4-7-10-13-16-19-22-25-26-27-28-29-30-33-36-39-42-45-48-51-57(66)74-61-59(68)58(67)60(62(69)70)75-63(61)72-53-54(73-56(65)50-47-44-41-38-35-32-24-21-18-15-12-9-6-3)52-71-55(64)49-46-43-40-37-34-31-23-20-17-14-11-8-5-2/h7,10,16,19-21,23-26,28-29,33,36,54,58-61,63,67-68H,4-6,8-9,11-15,17-18,22,27,30-32,34-35,37-53H2,1-3H3,(H,69,70)/b10-7-,19-16-,23-20-,24-21-,26-25-,29-28-,36-33-. The van der Waals surface area contributed by atoms with Crippen LogP contribution in [0.2, 0.25) is 0 Å². The summed E-state index contributed by atoms with van der Waals surface area (Å²) in [5, 5.41) is 31.5. The molecule has 1 aliphatic rings. The van der Waals surface area contributed by atoms with Gasteiger partial charge in [0.15, 0.2) is 24.6 Å². The number of esters is 3. The van der Waals surface area contributed by atoms with Crippen molar-refractivity contribution in [2.24, 2.45) is 0 Å². The van der Waals surface area contributed by atoms with Gasteiger partial charge in [-0.05, 0) is 116 Å². The van der Waals surface area contributed by atoms with Crippen molar-refractivity contribution in [3.05, 3.63) is 85.1 Å². The number of hydrogen-bond donors (Lipinski definition) is 3. The zero-order valence-electron chi connectivity index (χ0n) is 47.0. The maximum atomic E-state index is 13.1. The molecule has 0 aromatic heterocycles. The highest BCUT2D eigenvalue weighted by atomic mass is 16.7. The summed E-state index contributed by atoms with van der Waals surface area (Å²) >= 11 is 0. The quantitative estimate of drug-likeness (QED) is 0.0228. The van der Waals surface area contributed by atoms with Crippen LogP contribution < -0.4 is 0 Å². The first-order valence-corrected chi connectivity index (χ1v) is 29.6. The summed E-state index contributed by atoms with van der Waals surface area (Å²) in [5.41, 5.74) is 0. The Hall–Kier alpha value is -4.10. The molecule has 1 fully saturated rings. The molecule has 1 rings (SSSR count). The van der Waals surface area contributed by atoms with Crippen molar-refractivity contribution in [1.29, 1.82) is 0 Å². The van der Waals surface area contributed by atoms with Crippen molar-refractivity contribution in [2.75, 3.05) is 13.2 Å². The second kappa shape index (κ2) is 50.7. The summed E-state index contributed by atoms with van der Waals surface area (Å²) in [7, 11) is 0. The molecule has 1 saturated heterocycles. The molecule has 6 unspecified atom stereocenters. The number of unbranched alkanes of at least 4 members (excludes halogenated alkanes) is 21. The van der Waals surface area contributed by atoms with Gasteiger partial charge in [0.05, 0.1) is 6.61 Å². The molecule has 12 heteroatoms. The lowest BCUT2D eigenvalue weighted by Gasteiger charge is -2.40. The van der Waals surface area contributed by atoms with E-state index in [9.17, 15) is 34.5 Å². The Morgan fingerprint density at radius 1 is 0.453 bits per heavy atom. The third-order valence-corrected chi connectivity index (χ3v) is 12.9. The Morgan fingerprint density at radius 2 is 0.840 bits per heavy atom. The lowest BCUT2D eigenvalue weighted by molar-refractivity contribution is -0.301. The predicted octanol–water partition coefficient (Wildman–Crippen LogP) is 15.1. The molecule has 75 heavy (non-hydrogen) atoms. The van der Waals surface area contributed by atoms with E-state index >= 15 is 0 Å². The Labute approximate surface area is 454 Å². The third kappa shape index (κ3) is 40.8. The molecule has 0 aromatic rings. The maximum absolute atomic E-state index is 13.1. The molecule has 428 valence electrons. The predicted molar refractivity (Wildman–Crippen MR) is 303 cm³/mol. The Bertz CT molecular complexity index is 1630. The number of aliphatic hydroxyl groups excluding tert-OH is 2. The van der Waals surface area contributed by atoms with E-state index in [0.29, 0.717) is 19.3 Å². The summed E-state index contributed by atoms with van der Waals surface area (Å²) in [5.74, 6) is -3.19. The van der Waals surface area contributed by atoms with Crippen molar-refractivity contribution >= 4 is 23.9 Å². The minimum Gasteiger partial charge on any atom is -0.479 e. The van der Waals surface area contributed by atoms with Crippen LogP contribution in [0.15, 0.2) is 85.1 Å². The van der Waals surface area contributed by atoms with Crippen LogP contribution in [0.5, 0.6) is 0 Å². The topological polar surface area (TPSA) is 175 Å². The number of ether oxygens (including phenoxy) is 5. The number of carbonyl (C=O) groups is 4. The lowest BCUT2D eigenvalue weighted by Crippen LogP contribution is -2.61. The van der Waals surface area contributed by atoms with Crippen LogP contribution in [0.4, 0.5) is 0 Å². The Kier molecular flexibility index (Phi) is 46.6. The molecule has 12 nitrogen and oxygen atoms in total. The van der Waals surface area contributed by atoms with E-state index in [0.717, 1.165) is 128 Å². The van der Waals surface area contributed by atoms with Crippen molar-refractivity contribution < 1.29 is 58.2 Å². The number of aliphatic carboxylic acids is 1. The molecule has 0 spiro atoms. The van der Waals surface area contributed by atoms with E-state index < -0.39 is 67.3 Å². The molecule has 0 bridgehead atoms. The number of aliphatic hydroxyl groups is 2. The smallest absolute Gasteiger partial charge is 0.335 e. The number of hydrogen-bond acceptors (Lipinski definition) is 11. The first-order valence-electron chi connectivity index (χ1n) is 29.6. The number of carboxylic acid groups (broad SMARTS) is 1. The summed E-state index contributed by atoms with van der Waals surface area (Å²) in [4.78, 5) is 51.1. The Morgan fingerprint density at radius 3 is 1.31 bits per heavy atom. The lowest BCUT2D eigenvalue weighted by atomic mass is 9.98. The molecule has 1 heterocycles. The number of carboxylic acids is 1. The van der Waals surface area contributed by atoms with Crippen molar-refractivity contribution in [3.63, 3.8) is 0 Å². The van der Waals surface area contributed by atoms with E-state index in [1.807, 2.05) is 0 Å². The normalized spacial score (nSPS) is 18.8. The zero-order chi connectivity index (χ0) is 54.7. The van der Waals surface area contributed by atoms with E-state index in [-0.39, 0.29) is 25.9 Å². The van der Waals surface area contributed by atoms with Gasteiger partial charge in [-0.25, -0.2) is 4.79 Å². The fourth-order valence-corrected chi connectivity index (χ4v) is 8.38. The molecule has 0 amide bonds. The van der Waals surface area contributed by atoms with Gasteiger partial charge in [0.2, 0.25) is 0 Å². The summed E-state index contributed by atoms with van der Waals surface area (Å²) < 4.78 is 28.4. The van der Waals surface area contributed by atoms with Gasteiger partial charge in [-0.1, -0.05) is 189 Å². The van der Waals surface area contributed by atoms with Gasteiger partial charge < -0.3 is 39.0 Å². The van der Waals surface area contributed by atoms with Crippen LogP contribution in [0, 0.1) is 0 Å². The monoisotopic (exact) mass is 1050 g/mol. The zero-order valence-corrected chi connectivity index (χ0v) is 47.0. The first kappa shape index (κ1) is 68.9. The first-order chi connectivity index (χ1) is 36.6. The van der Waals surface area contributed by atoms with E-state index in [1.54, 1.807) is 0 Å². The van der Waals surface area contributed by atoms with Crippen molar-refractivity contribution in [2.45, 2.75) is 276 Å². The fraction of sp³-hybridized carbons (Fsp3) is 0.714. The van der Waals surface area contributed by atoms with Gasteiger partial charge in [0.25, 0.3) is 0 Å². The number of allylic oxidation sites excluding steroid dienone is 14. The van der Waals surface area contributed by atoms with E-state index in [4.69, 9.17) is 23.7 Å². The summed E-state index contributed by atoms with van der Waals surface area (Å²) in [6.45, 7) is 5.81. The highest BCUT2D eigenvalue weighted by molar-refractivity contribution is 5.74. The van der Waals surface area contributed by atoms with Crippen LogP contribution in [-0.4, -0.2) is 89.2 Å². The minimum atomic E-state index is -1.92. The molecule has 0 aliphatic carbocycles. The second-order valence-corrected chi connectivity index (χ2v) is 19.9. The number of carbonyl (C=O) groups excluding carboxylic acids is 3. The summed E-state index contributed by atoms with van der Waals surface area (Å²) in [6.07, 6.45) is 52.6. The van der Waals surface area contributed by atoms with Gasteiger partial charge in [-0.15, -0.1) is 0 Å².